The summed E-state index contributed by atoms with van der Waals surface area (Å²) in [7, 11) is 0. The van der Waals surface area contributed by atoms with Crippen molar-refractivity contribution in [3.8, 4) is 0 Å². The summed E-state index contributed by atoms with van der Waals surface area (Å²) < 4.78 is 1.87. The van der Waals surface area contributed by atoms with Crippen LogP contribution in [0.15, 0.2) is 39.8 Å². The Labute approximate surface area is 139 Å². The molecule has 0 unspecified atom stereocenters. The van der Waals surface area contributed by atoms with Crippen LogP contribution < -0.4 is 5.56 Å². The predicted molar refractivity (Wildman–Crippen MR) is 96.0 cm³/mol. The Hall–Kier alpha value is -2.38. The highest BCUT2D eigenvalue weighted by Gasteiger charge is 2.14. The molecule has 0 radical (unpaired) electrons. The van der Waals surface area contributed by atoms with Crippen molar-refractivity contribution in [2.24, 2.45) is 5.10 Å². The lowest BCUT2D eigenvalue weighted by Gasteiger charge is -1.99. The molecule has 4 heterocycles. The van der Waals surface area contributed by atoms with Crippen molar-refractivity contribution in [3.63, 3.8) is 0 Å². The van der Waals surface area contributed by atoms with Gasteiger partial charge in [0, 0.05) is 16.0 Å². The average Bonchev–Trinajstić information content (AvgIpc) is 3.13. The number of aromatic nitrogens is 3. The van der Waals surface area contributed by atoms with Crippen LogP contribution in [-0.2, 0) is 0 Å². The van der Waals surface area contributed by atoms with E-state index in [1.54, 1.807) is 17.6 Å². The molecular formula is C16H12N4OS2. The van der Waals surface area contributed by atoms with Crippen LogP contribution in [0.2, 0.25) is 0 Å². The summed E-state index contributed by atoms with van der Waals surface area (Å²) in [6.45, 7) is 3.97. The predicted octanol–water partition coefficient (Wildman–Crippen LogP) is 3.57. The van der Waals surface area contributed by atoms with E-state index >= 15 is 0 Å². The van der Waals surface area contributed by atoms with Gasteiger partial charge < -0.3 is 0 Å². The van der Waals surface area contributed by atoms with Gasteiger partial charge in [0.1, 0.15) is 15.9 Å². The molecule has 0 N–H and O–H groups in total. The molecule has 0 spiro atoms. The topological polar surface area (TPSA) is 60.1 Å². The normalized spacial score (nSPS) is 11.9. The number of pyridine rings is 1. The minimum atomic E-state index is -0.164. The lowest BCUT2D eigenvalue weighted by atomic mass is 10.1. The zero-order valence-electron chi connectivity index (χ0n) is 12.5. The van der Waals surface area contributed by atoms with Gasteiger partial charge in [-0.1, -0.05) is 6.07 Å². The highest BCUT2D eigenvalue weighted by atomic mass is 32.1. The Kier molecular flexibility index (Phi) is 3.32. The molecule has 7 heteroatoms. The zero-order valence-corrected chi connectivity index (χ0v) is 14.1. The van der Waals surface area contributed by atoms with Gasteiger partial charge in [-0.2, -0.15) is 9.78 Å². The van der Waals surface area contributed by atoms with Crippen LogP contribution in [0.1, 0.15) is 16.1 Å². The third-order valence-electron chi connectivity index (χ3n) is 3.51. The molecule has 0 saturated heterocycles. The third kappa shape index (κ3) is 2.38. The van der Waals surface area contributed by atoms with Crippen molar-refractivity contribution in [2.45, 2.75) is 13.8 Å². The minimum Gasteiger partial charge on any atom is -0.266 e. The van der Waals surface area contributed by atoms with Crippen LogP contribution in [-0.4, -0.2) is 20.9 Å². The van der Waals surface area contributed by atoms with E-state index in [0.29, 0.717) is 10.2 Å². The quantitative estimate of drug-likeness (QED) is 0.524. The van der Waals surface area contributed by atoms with Gasteiger partial charge in [0.2, 0.25) is 0 Å². The summed E-state index contributed by atoms with van der Waals surface area (Å²) in [6, 6.07) is 5.90. The average molecular weight is 340 g/mol. The summed E-state index contributed by atoms with van der Waals surface area (Å²) in [4.78, 5) is 23.5. The van der Waals surface area contributed by atoms with Crippen LogP contribution >= 0.6 is 22.7 Å². The first-order valence-electron chi connectivity index (χ1n) is 6.99. The first-order chi connectivity index (χ1) is 11.1. The lowest BCUT2D eigenvalue weighted by Crippen LogP contribution is -2.15. The number of nitrogens with zero attached hydrogens (tertiary/aromatic N) is 4. The van der Waals surface area contributed by atoms with E-state index in [2.05, 4.69) is 15.1 Å². The highest BCUT2D eigenvalue weighted by molar-refractivity contribution is 7.25. The number of rotatable bonds is 2. The maximum absolute atomic E-state index is 12.6. The summed E-state index contributed by atoms with van der Waals surface area (Å²) in [5.74, 6) is 0. The maximum atomic E-state index is 12.6. The third-order valence-corrected chi connectivity index (χ3v) is 5.38. The molecule has 0 aliphatic heterocycles. The minimum absolute atomic E-state index is 0.164. The lowest BCUT2D eigenvalue weighted by molar-refractivity contribution is 0.820. The Morgan fingerprint density at radius 2 is 2.22 bits per heavy atom. The van der Waals surface area contributed by atoms with Gasteiger partial charge >= 0.3 is 0 Å². The van der Waals surface area contributed by atoms with Crippen LogP contribution in [0, 0.1) is 13.8 Å². The first-order valence-corrected chi connectivity index (χ1v) is 8.69. The largest absolute Gasteiger partial charge is 0.291 e. The summed E-state index contributed by atoms with van der Waals surface area (Å²) in [5, 5.41) is 7.15. The molecular weight excluding hydrogens is 328 g/mol. The molecule has 0 bridgehead atoms. The molecule has 4 aromatic rings. The van der Waals surface area contributed by atoms with Crippen LogP contribution in [0.3, 0.4) is 0 Å². The maximum Gasteiger partial charge on any atom is 0.291 e. The van der Waals surface area contributed by atoms with Crippen molar-refractivity contribution < 1.29 is 0 Å². The van der Waals surface area contributed by atoms with Crippen molar-refractivity contribution in [3.05, 3.63) is 56.4 Å². The summed E-state index contributed by atoms with van der Waals surface area (Å²) in [6.07, 6.45) is 3.14. The number of thiophene rings is 2. The Bertz CT molecular complexity index is 1110. The van der Waals surface area contributed by atoms with Gasteiger partial charge in [-0.25, -0.2) is 9.97 Å². The summed E-state index contributed by atoms with van der Waals surface area (Å²) >= 11 is 2.94. The molecule has 5 nitrogen and oxygen atoms in total. The van der Waals surface area contributed by atoms with Crippen LogP contribution in [0.25, 0.3) is 20.4 Å². The van der Waals surface area contributed by atoms with Gasteiger partial charge in [0.05, 0.1) is 11.7 Å². The van der Waals surface area contributed by atoms with E-state index in [4.69, 9.17) is 0 Å². The Morgan fingerprint density at radius 3 is 3.00 bits per heavy atom. The molecule has 4 aromatic heterocycles. The van der Waals surface area contributed by atoms with Crippen LogP contribution in [0.4, 0.5) is 0 Å². The Morgan fingerprint density at radius 1 is 1.35 bits per heavy atom. The zero-order chi connectivity index (χ0) is 16.0. The van der Waals surface area contributed by atoms with E-state index in [-0.39, 0.29) is 5.56 Å². The molecule has 114 valence electrons. The van der Waals surface area contributed by atoms with Gasteiger partial charge in [0.15, 0.2) is 0 Å². The number of hydrogen-bond donors (Lipinski definition) is 0. The fourth-order valence-electron chi connectivity index (χ4n) is 2.53. The smallest absolute Gasteiger partial charge is 0.266 e. The number of hydrogen-bond acceptors (Lipinski definition) is 6. The molecule has 0 aliphatic rings. The standard InChI is InChI=1S/C16H12N4OS2/c1-9-6-10(2)19-15-12(9)13-14(23-15)16(21)20(8-17-13)18-7-11-4-3-5-22-11/h3-8H,1-2H3/b18-7-. The second-order valence-electron chi connectivity index (χ2n) is 5.19. The van der Waals surface area contributed by atoms with Crippen LogP contribution in [0.5, 0.6) is 0 Å². The monoisotopic (exact) mass is 340 g/mol. The van der Waals surface area contributed by atoms with Crippen molar-refractivity contribution in [2.75, 3.05) is 0 Å². The molecule has 0 saturated carbocycles. The second kappa shape index (κ2) is 5.36. The van der Waals surface area contributed by atoms with E-state index in [1.165, 1.54) is 22.3 Å². The molecule has 4 rings (SSSR count). The fourth-order valence-corrected chi connectivity index (χ4v) is 4.28. The van der Waals surface area contributed by atoms with Gasteiger partial charge in [-0.3, -0.25) is 4.79 Å². The fraction of sp³-hybridized carbons (Fsp3) is 0.125. The van der Waals surface area contributed by atoms with Crippen molar-refractivity contribution in [1.82, 2.24) is 14.6 Å². The highest BCUT2D eigenvalue weighted by Crippen LogP contribution is 2.31. The van der Waals surface area contributed by atoms with E-state index < -0.39 is 0 Å². The number of aryl methyl sites for hydroxylation is 2. The molecule has 0 amide bonds. The van der Waals surface area contributed by atoms with E-state index in [9.17, 15) is 4.79 Å². The second-order valence-corrected chi connectivity index (χ2v) is 7.17. The molecule has 0 aromatic carbocycles. The summed E-state index contributed by atoms with van der Waals surface area (Å²) in [5.41, 5.74) is 2.58. The molecule has 0 atom stereocenters. The van der Waals surface area contributed by atoms with Crippen molar-refractivity contribution >= 4 is 49.3 Å². The molecule has 23 heavy (non-hydrogen) atoms. The van der Waals surface area contributed by atoms with Crippen molar-refractivity contribution in [1.29, 1.82) is 0 Å². The van der Waals surface area contributed by atoms with Gasteiger partial charge in [-0.15, -0.1) is 22.7 Å². The SMILES string of the molecule is Cc1cc(C)c2c(n1)sc1c(=O)n(/N=C\c3cccs3)cnc12. The Balaban J connectivity index is 1.93. The molecule has 0 aliphatic carbocycles. The van der Waals surface area contributed by atoms with Gasteiger partial charge in [-0.05, 0) is 36.9 Å². The van der Waals surface area contributed by atoms with E-state index in [0.717, 1.165) is 26.4 Å². The number of fused-ring (bicyclic) bond motifs is 3. The van der Waals surface area contributed by atoms with Gasteiger partial charge in [0.25, 0.3) is 5.56 Å². The molecule has 0 fully saturated rings. The van der Waals surface area contributed by atoms with E-state index in [1.807, 2.05) is 37.4 Å². The first kappa shape index (κ1) is 14.2.